The van der Waals surface area contributed by atoms with Gasteiger partial charge in [0.25, 0.3) is 0 Å². The van der Waals surface area contributed by atoms with Gasteiger partial charge in [0, 0.05) is 13.6 Å². The Morgan fingerprint density at radius 1 is 1.50 bits per heavy atom. The molecular weight excluding hydrogens is 104 g/mol. The van der Waals surface area contributed by atoms with Crippen molar-refractivity contribution < 1.29 is 4.79 Å². The summed E-state index contributed by atoms with van der Waals surface area (Å²) < 4.78 is 0. The molecule has 0 radical (unpaired) electrons. The van der Waals surface area contributed by atoms with Crippen LogP contribution in [0.25, 0.3) is 0 Å². The minimum atomic E-state index is -0.0719. The highest BCUT2D eigenvalue weighted by molar-refractivity contribution is 6.37. The minimum Gasteiger partial charge on any atom is -0.293 e. The molecule has 3 heteroatoms. The Hall–Kier alpha value is -0.990. The second kappa shape index (κ2) is 3.07. The molecule has 0 aromatic rings. The summed E-state index contributed by atoms with van der Waals surface area (Å²) >= 11 is 0. The second-order valence-electron chi connectivity index (χ2n) is 1.38. The summed E-state index contributed by atoms with van der Waals surface area (Å²) in [7, 11) is 0. The van der Waals surface area contributed by atoms with Crippen LogP contribution in [0.3, 0.4) is 0 Å². The van der Waals surface area contributed by atoms with Gasteiger partial charge in [-0.1, -0.05) is 0 Å². The fourth-order valence-corrected chi connectivity index (χ4v) is 0.176. The average Bonchev–Trinajstić information content (AvgIpc) is 1.67. The Kier molecular flexibility index (Phi) is 2.69. The molecule has 0 unspecified atom stereocenters. The number of carbonyl (C=O) groups is 1. The molecular formula is C5H8N2O. The first kappa shape index (κ1) is 7.01. The van der Waals surface area contributed by atoms with Crippen molar-refractivity contribution in [3.8, 4) is 0 Å². The predicted octanol–water partition coefficient (Wildman–Crippen LogP) is 0.652. The molecule has 0 spiro atoms. The first-order valence-corrected chi connectivity index (χ1v) is 2.19. The van der Waals surface area contributed by atoms with Crippen molar-refractivity contribution in [3.63, 3.8) is 0 Å². The smallest absolute Gasteiger partial charge is 0.175 e. The predicted molar refractivity (Wildman–Crippen MR) is 33.3 cm³/mol. The zero-order valence-electron chi connectivity index (χ0n) is 5.01. The van der Waals surface area contributed by atoms with Gasteiger partial charge in [0.1, 0.15) is 5.71 Å². The zero-order chi connectivity index (χ0) is 6.57. The van der Waals surface area contributed by atoms with Crippen molar-refractivity contribution in [2.24, 2.45) is 10.2 Å². The van der Waals surface area contributed by atoms with Crippen LogP contribution < -0.4 is 0 Å². The van der Waals surface area contributed by atoms with Crippen molar-refractivity contribution in [2.75, 3.05) is 0 Å². The highest BCUT2D eigenvalue weighted by Crippen LogP contribution is 1.78. The largest absolute Gasteiger partial charge is 0.293 e. The maximum absolute atomic E-state index is 10.3. The van der Waals surface area contributed by atoms with Crippen LogP contribution in [0.1, 0.15) is 13.8 Å². The number of nitrogens with zero attached hydrogens (tertiary/aromatic N) is 2. The van der Waals surface area contributed by atoms with Crippen LogP contribution in [-0.4, -0.2) is 18.2 Å². The number of Topliss-reactive ketones (excluding diaryl/α,β-unsaturated/α-hetero) is 1. The van der Waals surface area contributed by atoms with Gasteiger partial charge in [0.05, 0.1) is 0 Å². The first-order valence-electron chi connectivity index (χ1n) is 2.19. The van der Waals surface area contributed by atoms with E-state index in [1.54, 1.807) is 6.92 Å². The summed E-state index contributed by atoms with van der Waals surface area (Å²) in [4.78, 5) is 10.3. The van der Waals surface area contributed by atoms with Crippen molar-refractivity contribution in [2.45, 2.75) is 13.8 Å². The van der Waals surface area contributed by atoms with Crippen LogP contribution in [0.2, 0.25) is 0 Å². The van der Waals surface area contributed by atoms with Gasteiger partial charge >= 0.3 is 0 Å². The molecule has 0 aliphatic heterocycles. The minimum absolute atomic E-state index is 0.0719. The standard InChI is InChI=1S/C5H8N2O/c1-4(5(2)8)7-6-3/h3H2,1-2H3/b7-4+. The van der Waals surface area contributed by atoms with Crippen LogP contribution in [-0.2, 0) is 4.79 Å². The second-order valence-corrected chi connectivity index (χ2v) is 1.38. The SMILES string of the molecule is C=N/N=C(\C)C(C)=O. The Bertz CT molecular complexity index is 137. The molecule has 0 saturated heterocycles. The van der Waals surface area contributed by atoms with Crippen molar-refractivity contribution in [1.29, 1.82) is 0 Å². The Balaban J connectivity index is 3.99. The van der Waals surface area contributed by atoms with Crippen LogP contribution in [0, 0.1) is 0 Å². The molecule has 0 saturated carbocycles. The molecule has 0 aromatic carbocycles. The zero-order valence-corrected chi connectivity index (χ0v) is 5.01. The van der Waals surface area contributed by atoms with E-state index in [2.05, 4.69) is 16.9 Å². The summed E-state index contributed by atoms with van der Waals surface area (Å²) in [6.45, 7) is 6.12. The molecule has 3 nitrogen and oxygen atoms in total. The fraction of sp³-hybridized carbons (Fsp3) is 0.400. The number of carbonyl (C=O) groups excluding carboxylic acids is 1. The normalized spacial score (nSPS) is 11.0. The first-order chi connectivity index (χ1) is 3.68. The summed E-state index contributed by atoms with van der Waals surface area (Å²) in [5, 5.41) is 6.58. The third kappa shape index (κ3) is 2.23. The molecule has 0 aromatic heterocycles. The molecule has 0 aliphatic rings. The topological polar surface area (TPSA) is 41.8 Å². The Morgan fingerprint density at radius 2 is 2.00 bits per heavy atom. The Morgan fingerprint density at radius 3 is 2.12 bits per heavy atom. The van der Waals surface area contributed by atoms with E-state index in [0.717, 1.165) is 0 Å². The van der Waals surface area contributed by atoms with Crippen LogP contribution >= 0.6 is 0 Å². The molecule has 0 heterocycles. The van der Waals surface area contributed by atoms with Gasteiger partial charge in [-0.25, -0.2) is 0 Å². The van der Waals surface area contributed by atoms with E-state index in [-0.39, 0.29) is 5.78 Å². The molecule has 0 amide bonds. The highest BCUT2D eigenvalue weighted by Gasteiger charge is 1.93. The maximum atomic E-state index is 10.3. The van der Waals surface area contributed by atoms with Crippen molar-refractivity contribution in [3.05, 3.63) is 0 Å². The monoisotopic (exact) mass is 112 g/mol. The van der Waals surface area contributed by atoms with E-state index in [9.17, 15) is 4.79 Å². The average molecular weight is 112 g/mol. The Labute approximate surface area is 48.1 Å². The number of ketones is 1. The number of hydrogen-bond donors (Lipinski definition) is 0. The van der Waals surface area contributed by atoms with E-state index in [1.807, 2.05) is 0 Å². The van der Waals surface area contributed by atoms with E-state index in [4.69, 9.17) is 0 Å². The number of rotatable bonds is 2. The van der Waals surface area contributed by atoms with Gasteiger partial charge in [0.15, 0.2) is 5.78 Å². The molecule has 8 heavy (non-hydrogen) atoms. The van der Waals surface area contributed by atoms with Crippen LogP contribution in [0.5, 0.6) is 0 Å². The third-order valence-electron chi connectivity index (χ3n) is 0.730. The van der Waals surface area contributed by atoms with E-state index >= 15 is 0 Å². The lowest BCUT2D eigenvalue weighted by Crippen LogP contribution is -2.02. The van der Waals surface area contributed by atoms with Gasteiger partial charge in [-0.05, 0) is 6.92 Å². The summed E-state index contributed by atoms with van der Waals surface area (Å²) in [6, 6.07) is 0. The maximum Gasteiger partial charge on any atom is 0.175 e. The molecule has 0 aliphatic carbocycles. The molecule has 0 rings (SSSR count). The third-order valence-corrected chi connectivity index (χ3v) is 0.730. The van der Waals surface area contributed by atoms with Gasteiger partial charge < -0.3 is 0 Å². The highest BCUT2D eigenvalue weighted by atomic mass is 16.1. The van der Waals surface area contributed by atoms with Gasteiger partial charge in [-0.15, -0.1) is 0 Å². The molecule has 44 valence electrons. The van der Waals surface area contributed by atoms with Crippen LogP contribution in [0.4, 0.5) is 0 Å². The van der Waals surface area contributed by atoms with E-state index in [0.29, 0.717) is 5.71 Å². The quantitative estimate of drug-likeness (QED) is 0.382. The molecule has 0 fully saturated rings. The summed E-state index contributed by atoms with van der Waals surface area (Å²) in [5.41, 5.74) is 0.389. The summed E-state index contributed by atoms with van der Waals surface area (Å²) in [5.74, 6) is -0.0719. The molecule has 0 atom stereocenters. The van der Waals surface area contributed by atoms with E-state index < -0.39 is 0 Å². The lowest BCUT2D eigenvalue weighted by atomic mass is 10.3. The summed E-state index contributed by atoms with van der Waals surface area (Å²) in [6.07, 6.45) is 0. The van der Waals surface area contributed by atoms with Crippen molar-refractivity contribution in [1.82, 2.24) is 0 Å². The lowest BCUT2D eigenvalue weighted by Gasteiger charge is -1.84. The fourth-order valence-electron chi connectivity index (χ4n) is 0.176. The number of hydrogen-bond acceptors (Lipinski definition) is 3. The van der Waals surface area contributed by atoms with E-state index in [1.165, 1.54) is 6.92 Å². The van der Waals surface area contributed by atoms with Gasteiger partial charge in [0.2, 0.25) is 0 Å². The molecule has 0 N–H and O–H groups in total. The van der Waals surface area contributed by atoms with Crippen LogP contribution in [0.15, 0.2) is 10.2 Å². The van der Waals surface area contributed by atoms with Crippen molar-refractivity contribution >= 4 is 18.2 Å². The van der Waals surface area contributed by atoms with Gasteiger partial charge in [-0.2, -0.15) is 10.2 Å². The lowest BCUT2D eigenvalue weighted by molar-refractivity contribution is -0.111. The van der Waals surface area contributed by atoms with Gasteiger partial charge in [-0.3, -0.25) is 4.79 Å². The molecule has 0 bridgehead atoms.